The smallest absolute Gasteiger partial charge is 0.324 e. The molecule has 1 N–H and O–H groups in total. The maximum absolute atomic E-state index is 13.7. The van der Waals surface area contributed by atoms with Gasteiger partial charge in [0, 0.05) is 17.9 Å². The highest BCUT2D eigenvalue weighted by Crippen LogP contribution is 2.39. The fourth-order valence-corrected chi connectivity index (χ4v) is 3.29. The Morgan fingerprint density at radius 3 is 2.50 bits per heavy atom. The van der Waals surface area contributed by atoms with Crippen molar-refractivity contribution >= 4 is 17.0 Å². The molecule has 0 aliphatic rings. The normalized spacial score (nSPS) is 13.3. The van der Waals surface area contributed by atoms with E-state index in [9.17, 15) is 18.0 Å². The molecule has 34 heavy (non-hydrogen) atoms. The van der Waals surface area contributed by atoms with Crippen molar-refractivity contribution in [2.75, 3.05) is 5.32 Å². The van der Waals surface area contributed by atoms with Crippen LogP contribution in [-0.2, 0) is 5.41 Å². The summed E-state index contributed by atoms with van der Waals surface area (Å²) in [7, 11) is 0. The van der Waals surface area contributed by atoms with Gasteiger partial charge in [0.25, 0.3) is 5.56 Å². The van der Waals surface area contributed by atoms with Crippen LogP contribution >= 0.6 is 0 Å². The van der Waals surface area contributed by atoms with Gasteiger partial charge in [-0.1, -0.05) is 30.9 Å². The lowest BCUT2D eigenvalue weighted by Gasteiger charge is -2.27. The predicted octanol–water partition coefficient (Wildman–Crippen LogP) is 5.46. The summed E-state index contributed by atoms with van der Waals surface area (Å²) in [6, 6.07) is 4.05. The number of allylic oxidation sites excluding steroid dienone is 4. The fraction of sp³-hybridized carbons (Fsp3) is 0.333. The number of rotatable bonds is 7. The first-order chi connectivity index (χ1) is 15.9. The van der Waals surface area contributed by atoms with E-state index in [2.05, 4.69) is 26.8 Å². The van der Waals surface area contributed by atoms with E-state index in [-0.39, 0.29) is 40.1 Å². The third-order valence-electron chi connectivity index (χ3n) is 5.39. The zero-order valence-electron chi connectivity index (χ0n) is 19.7. The average Bonchev–Trinajstić information content (AvgIpc) is 3.08. The van der Waals surface area contributed by atoms with E-state index in [4.69, 9.17) is 0 Å². The molecule has 0 saturated carbocycles. The number of hydrogen-bond donors (Lipinski definition) is 1. The number of pyridine rings is 1. The van der Waals surface area contributed by atoms with Crippen LogP contribution in [0.15, 0.2) is 65.8 Å². The van der Waals surface area contributed by atoms with E-state index in [0.29, 0.717) is 5.70 Å². The zero-order chi connectivity index (χ0) is 25.3. The fourth-order valence-electron chi connectivity index (χ4n) is 3.29. The molecule has 0 bridgehead atoms. The second-order valence-electron chi connectivity index (χ2n) is 8.45. The van der Waals surface area contributed by atoms with Crippen LogP contribution in [0.4, 0.5) is 19.1 Å². The van der Waals surface area contributed by atoms with Crippen LogP contribution in [0.1, 0.15) is 46.4 Å². The average molecular weight is 473 g/mol. The maximum atomic E-state index is 13.7. The van der Waals surface area contributed by atoms with Crippen molar-refractivity contribution in [3.63, 3.8) is 0 Å². The Kier molecular flexibility index (Phi) is 6.81. The predicted molar refractivity (Wildman–Crippen MR) is 127 cm³/mol. The van der Waals surface area contributed by atoms with E-state index in [1.54, 1.807) is 38.1 Å². The zero-order valence-corrected chi connectivity index (χ0v) is 19.7. The number of nitrogens with one attached hydrogen (secondary N) is 1. The number of alkyl halides is 3. The molecule has 0 spiro atoms. The number of halogens is 3. The van der Waals surface area contributed by atoms with Gasteiger partial charge in [0.15, 0.2) is 11.5 Å². The third kappa shape index (κ3) is 4.52. The highest BCUT2D eigenvalue weighted by Gasteiger charge is 2.49. The lowest BCUT2D eigenvalue weighted by Crippen LogP contribution is -2.37. The molecule has 0 amide bonds. The molecule has 10 heteroatoms. The third-order valence-corrected chi connectivity index (χ3v) is 5.39. The standard InChI is InChI=1S/C24H27F3N6O/c1-7-9-11-16(8-2)29-22-28-14-17-20(31-22)33(32(15(3)4)21(17)34)19-13-10-12-18(30-19)23(5,6)24(25,26)27/h7-15H,1H2,2-6H3,(H,28,29,31)/b11-9-,16-8+. The Labute approximate surface area is 195 Å². The molecular weight excluding hydrogens is 445 g/mol. The summed E-state index contributed by atoms with van der Waals surface area (Å²) in [6.07, 6.45) is 3.84. The van der Waals surface area contributed by atoms with Crippen LogP contribution in [0.2, 0.25) is 0 Å². The molecule has 180 valence electrons. The minimum Gasteiger partial charge on any atom is -0.324 e. The molecule has 7 nitrogen and oxygen atoms in total. The molecule has 3 aromatic heterocycles. The summed E-state index contributed by atoms with van der Waals surface area (Å²) in [5, 5.41) is 3.29. The van der Waals surface area contributed by atoms with E-state index in [0.717, 1.165) is 13.8 Å². The Bertz CT molecular complexity index is 1330. The maximum Gasteiger partial charge on any atom is 0.399 e. The SMILES string of the molecule is C=C/C=C\C(=C/C)Nc1ncc2c(=O)n(C(C)C)n(-c3cccc(C(C)(C)C(F)(F)F)n3)c2n1. The van der Waals surface area contributed by atoms with Gasteiger partial charge in [-0.25, -0.2) is 19.3 Å². The first-order valence-corrected chi connectivity index (χ1v) is 10.7. The summed E-state index contributed by atoms with van der Waals surface area (Å²) in [5.41, 5.74) is -1.79. The first kappa shape index (κ1) is 24.9. The molecule has 0 aliphatic heterocycles. The van der Waals surface area contributed by atoms with E-state index in [1.807, 2.05) is 13.0 Å². The van der Waals surface area contributed by atoms with Crippen molar-refractivity contribution in [1.29, 1.82) is 0 Å². The van der Waals surface area contributed by atoms with Crippen LogP contribution in [0.25, 0.3) is 16.9 Å². The highest BCUT2D eigenvalue weighted by molar-refractivity contribution is 5.76. The van der Waals surface area contributed by atoms with Crippen LogP contribution < -0.4 is 10.9 Å². The molecule has 0 aromatic carbocycles. The number of aromatic nitrogens is 5. The summed E-state index contributed by atoms with van der Waals surface area (Å²) in [5.74, 6) is 0.369. The summed E-state index contributed by atoms with van der Waals surface area (Å²) < 4.78 is 43.9. The van der Waals surface area contributed by atoms with Crippen LogP contribution in [0, 0.1) is 0 Å². The van der Waals surface area contributed by atoms with E-state index < -0.39 is 11.6 Å². The van der Waals surface area contributed by atoms with Crippen molar-refractivity contribution in [1.82, 2.24) is 24.3 Å². The number of fused-ring (bicyclic) bond motifs is 1. The van der Waals surface area contributed by atoms with E-state index in [1.165, 1.54) is 27.7 Å². The molecule has 0 aliphatic carbocycles. The van der Waals surface area contributed by atoms with Crippen molar-refractivity contribution in [3.05, 3.63) is 77.0 Å². The van der Waals surface area contributed by atoms with Crippen molar-refractivity contribution < 1.29 is 13.2 Å². The molecule has 3 heterocycles. The molecule has 0 atom stereocenters. The quantitative estimate of drug-likeness (QED) is 0.463. The van der Waals surface area contributed by atoms with Crippen LogP contribution in [0.3, 0.4) is 0 Å². The van der Waals surface area contributed by atoms with E-state index >= 15 is 0 Å². The highest BCUT2D eigenvalue weighted by atomic mass is 19.4. The summed E-state index contributed by atoms with van der Waals surface area (Å²) in [4.78, 5) is 26.2. The minimum absolute atomic E-state index is 0.151. The molecule has 0 radical (unpaired) electrons. The Hall–Kier alpha value is -3.69. The number of hydrogen-bond acceptors (Lipinski definition) is 5. The topological polar surface area (TPSA) is 77.6 Å². The lowest BCUT2D eigenvalue weighted by molar-refractivity contribution is -0.181. The first-order valence-electron chi connectivity index (χ1n) is 10.7. The number of nitrogens with zero attached hydrogens (tertiary/aromatic N) is 5. The monoisotopic (exact) mass is 472 g/mol. The second-order valence-corrected chi connectivity index (χ2v) is 8.45. The number of anilines is 1. The Morgan fingerprint density at radius 1 is 1.21 bits per heavy atom. The van der Waals surface area contributed by atoms with Gasteiger partial charge < -0.3 is 5.32 Å². The molecule has 3 aromatic rings. The molecule has 0 saturated heterocycles. The van der Waals surface area contributed by atoms with Gasteiger partial charge in [-0.15, -0.1) is 0 Å². The van der Waals surface area contributed by atoms with Crippen molar-refractivity contribution in [2.24, 2.45) is 0 Å². The summed E-state index contributed by atoms with van der Waals surface area (Å²) >= 11 is 0. The van der Waals surface area contributed by atoms with Gasteiger partial charge >= 0.3 is 6.18 Å². The van der Waals surface area contributed by atoms with Gasteiger partial charge in [0.2, 0.25) is 5.95 Å². The minimum atomic E-state index is -4.50. The molecule has 0 fully saturated rings. The van der Waals surface area contributed by atoms with Gasteiger partial charge in [-0.3, -0.25) is 4.79 Å². The molecular formula is C24H27F3N6O. The van der Waals surface area contributed by atoms with Gasteiger partial charge in [0.1, 0.15) is 10.8 Å². The van der Waals surface area contributed by atoms with Gasteiger partial charge in [-0.05, 0) is 52.8 Å². The van der Waals surface area contributed by atoms with Gasteiger partial charge in [-0.2, -0.15) is 18.2 Å². The van der Waals surface area contributed by atoms with Crippen LogP contribution in [0.5, 0.6) is 0 Å². The van der Waals surface area contributed by atoms with Crippen molar-refractivity contribution in [2.45, 2.75) is 52.3 Å². The van der Waals surface area contributed by atoms with Crippen molar-refractivity contribution in [3.8, 4) is 5.82 Å². The lowest BCUT2D eigenvalue weighted by atomic mass is 9.88. The molecule has 3 rings (SSSR count). The van der Waals surface area contributed by atoms with Crippen LogP contribution in [-0.4, -0.2) is 30.5 Å². The Morgan fingerprint density at radius 2 is 1.91 bits per heavy atom. The second kappa shape index (κ2) is 9.28. The molecule has 0 unspecified atom stereocenters. The Balaban J connectivity index is 2.25. The van der Waals surface area contributed by atoms with Gasteiger partial charge in [0.05, 0.1) is 5.69 Å². The largest absolute Gasteiger partial charge is 0.399 e. The summed E-state index contributed by atoms with van der Waals surface area (Å²) in [6.45, 7) is 11.2.